The highest BCUT2D eigenvalue weighted by Gasteiger charge is 2.08. The van der Waals surface area contributed by atoms with E-state index in [1.165, 1.54) is 12.1 Å². The fraction of sp³-hybridized carbons (Fsp3) is 0.0455. The summed E-state index contributed by atoms with van der Waals surface area (Å²) >= 11 is 0. The molecular weight excluding hydrogens is 367 g/mol. The van der Waals surface area contributed by atoms with Crippen LogP contribution in [0.15, 0.2) is 84.9 Å². The number of nitrogens with zero attached hydrogens (tertiary/aromatic N) is 3. The normalized spacial score (nSPS) is 10.4. The van der Waals surface area contributed by atoms with Crippen LogP contribution in [0.5, 0.6) is 0 Å². The summed E-state index contributed by atoms with van der Waals surface area (Å²) in [5.41, 5.74) is 2.52. The third-order valence-corrected chi connectivity index (χ3v) is 4.03. The summed E-state index contributed by atoms with van der Waals surface area (Å²) in [5.74, 6) is 0.886. The van der Waals surface area contributed by atoms with E-state index in [9.17, 15) is 4.39 Å². The van der Waals surface area contributed by atoms with Gasteiger partial charge in [0.25, 0.3) is 0 Å². The number of hydrogen-bond donors (Lipinski definition) is 3. The van der Waals surface area contributed by atoms with Gasteiger partial charge in [-0.15, -0.1) is 0 Å². The summed E-state index contributed by atoms with van der Waals surface area (Å²) in [6.07, 6.45) is 0. The maximum absolute atomic E-state index is 13.4. The Kier molecular flexibility index (Phi) is 5.57. The third-order valence-electron chi connectivity index (χ3n) is 4.03. The van der Waals surface area contributed by atoms with Crippen molar-refractivity contribution in [3.8, 4) is 0 Å². The van der Waals surface area contributed by atoms with Gasteiger partial charge in [-0.1, -0.05) is 48.5 Å². The molecule has 29 heavy (non-hydrogen) atoms. The van der Waals surface area contributed by atoms with Crippen LogP contribution in [-0.2, 0) is 6.54 Å². The van der Waals surface area contributed by atoms with Gasteiger partial charge in [-0.2, -0.15) is 15.0 Å². The molecule has 144 valence electrons. The smallest absolute Gasteiger partial charge is 0.233 e. The zero-order chi connectivity index (χ0) is 19.9. The van der Waals surface area contributed by atoms with E-state index in [2.05, 4.69) is 30.9 Å². The predicted octanol–water partition coefficient (Wildman–Crippen LogP) is 5.11. The number of para-hydroxylation sites is 2. The largest absolute Gasteiger partial charge is 0.350 e. The van der Waals surface area contributed by atoms with Gasteiger partial charge in [0.1, 0.15) is 5.82 Å². The van der Waals surface area contributed by atoms with Crippen molar-refractivity contribution in [2.24, 2.45) is 0 Å². The van der Waals surface area contributed by atoms with Gasteiger partial charge in [0.05, 0.1) is 0 Å². The first kappa shape index (κ1) is 18.4. The lowest BCUT2D eigenvalue weighted by Crippen LogP contribution is -2.09. The zero-order valence-electron chi connectivity index (χ0n) is 15.5. The molecule has 1 aromatic heterocycles. The molecule has 4 aromatic rings. The average molecular weight is 386 g/mol. The molecule has 0 fully saturated rings. The Morgan fingerprint density at radius 1 is 0.621 bits per heavy atom. The van der Waals surface area contributed by atoms with E-state index in [4.69, 9.17) is 0 Å². The molecule has 3 N–H and O–H groups in total. The second-order valence-electron chi connectivity index (χ2n) is 6.27. The van der Waals surface area contributed by atoms with Crippen LogP contribution in [0.3, 0.4) is 0 Å². The van der Waals surface area contributed by atoms with Crippen molar-refractivity contribution < 1.29 is 4.39 Å². The number of benzene rings is 3. The van der Waals surface area contributed by atoms with E-state index in [0.717, 1.165) is 16.9 Å². The highest BCUT2D eigenvalue weighted by atomic mass is 19.1. The number of hydrogen-bond acceptors (Lipinski definition) is 6. The molecule has 0 amide bonds. The first-order chi connectivity index (χ1) is 14.2. The number of nitrogens with one attached hydrogen (secondary N) is 3. The highest BCUT2D eigenvalue weighted by molar-refractivity contribution is 5.59. The molecule has 0 radical (unpaired) electrons. The van der Waals surface area contributed by atoms with Crippen LogP contribution < -0.4 is 16.0 Å². The predicted molar refractivity (Wildman–Crippen MR) is 113 cm³/mol. The third kappa shape index (κ3) is 5.26. The average Bonchev–Trinajstić information content (AvgIpc) is 2.74. The van der Waals surface area contributed by atoms with Gasteiger partial charge >= 0.3 is 0 Å². The van der Waals surface area contributed by atoms with Crippen LogP contribution in [0.2, 0.25) is 0 Å². The molecule has 0 saturated carbocycles. The number of rotatable bonds is 7. The van der Waals surface area contributed by atoms with Crippen LogP contribution >= 0.6 is 0 Å². The molecule has 0 aliphatic rings. The summed E-state index contributed by atoms with van der Waals surface area (Å²) in [7, 11) is 0. The second kappa shape index (κ2) is 8.79. The Hall–Kier alpha value is -4.00. The van der Waals surface area contributed by atoms with E-state index in [0.29, 0.717) is 24.4 Å². The molecular formula is C22H19FN6. The Morgan fingerprint density at radius 3 is 1.72 bits per heavy atom. The van der Waals surface area contributed by atoms with Gasteiger partial charge in [-0.25, -0.2) is 4.39 Å². The Balaban J connectivity index is 1.58. The lowest BCUT2D eigenvalue weighted by atomic mass is 10.2. The highest BCUT2D eigenvalue weighted by Crippen LogP contribution is 2.19. The van der Waals surface area contributed by atoms with Crippen molar-refractivity contribution in [3.63, 3.8) is 0 Å². The summed E-state index contributed by atoms with van der Waals surface area (Å²) in [4.78, 5) is 13.3. The van der Waals surface area contributed by atoms with Crippen molar-refractivity contribution in [3.05, 3.63) is 96.3 Å². The van der Waals surface area contributed by atoms with Crippen molar-refractivity contribution in [2.45, 2.75) is 6.54 Å². The van der Waals surface area contributed by atoms with Crippen LogP contribution in [0.4, 0.5) is 33.6 Å². The topological polar surface area (TPSA) is 74.8 Å². The minimum absolute atomic E-state index is 0.280. The molecule has 1 heterocycles. The lowest BCUT2D eigenvalue weighted by molar-refractivity contribution is 0.626. The van der Waals surface area contributed by atoms with Crippen molar-refractivity contribution in [1.29, 1.82) is 0 Å². The number of aromatic nitrogens is 3. The monoisotopic (exact) mass is 386 g/mol. The van der Waals surface area contributed by atoms with Gasteiger partial charge in [0.15, 0.2) is 0 Å². The quantitative estimate of drug-likeness (QED) is 0.410. The van der Waals surface area contributed by atoms with E-state index in [-0.39, 0.29) is 5.82 Å². The maximum atomic E-state index is 13.4. The van der Waals surface area contributed by atoms with E-state index >= 15 is 0 Å². The lowest BCUT2D eigenvalue weighted by Gasteiger charge is -2.11. The minimum atomic E-state index is -0.280. The molecule has 0 spiro atoms. The number of anilines is 5. The summed E-state index contributed by atoms with van der Waals surface area (Å²) in [6.45, 7) is 0.386. The maximum Gasteiger partial charge on any atom is 0.233 e. The van der Waals surface area contributed by atoms with E-state index < -0.39 is 0 Å². The SMILES string of the molecule is Fc1cccc(CNc2nc(Nc3ccccc3)nc(Nc3ccccc3)n2)c1. The standard InChI is InChI=1S/C22H19FN6/c23-17-9-7-8-16(14-17)15-24-20-27-21(25-18-10-3-1-4-11-18)29-22(28-20)26-19-12-5-2-6-13-19/h1-14H,15H2,(H3,24,25,26,27,28,29). The zero-order valence-corrected chi connectivity index (χ0v) is 15.5. The van der Waals surface area contributed by atoms with Crippen LogP contribution in [-0.4, -0.2) is 15.0 Å². The fourth-order valence-corrected chi connectivity index (χ4v) is 2.70. The van der Waals surface area contributed by atoms with Gasteiger partial charge in [-0.05, 0) is 42.0 Å². The first-order valence-electron chi connectivity index (χ1n) is 9.13. The first-order valence-corrected chi connectivity index (χ1v) is 9.13. The van der Waals surface area contributed by atoms with Crippen LogP contribution in [0, 0.1) is 5.82 Å². The fourth-order valence-electron chi connectivity index (χ4n) is 2.70. The molecule has 3 aromatic carbocycles. The van der Waals surface area contributed by atoms with Crippen LogP contribution in [0.25, 0.3) is 0 Å². The molecule has 0 aliphatic heterocycles. The van der Waals surface area contributed by atoms with Gasteiger partial charge in [-0.3, -0.25) is 0 Å². The summed E-state index contributed by atoms with van der Waals surface area (Å²) in [5, 5.41) is 9.48. The Bertz CT molecular complexity index is 1010. The van der Waals surface area contributed by atoms with Crippen molar-refractivity contribution in [1.82, 2.24) is 15.0 Å². The molecule has 0 unspecified atom stereocenters. The van der Waals surface area contributed by atoms with Gasteiger partial charge in [0.2, 0.25) is 17.8 Å². The summed E-state index contributed by atoms with van der Waals surface area (Å²) < 4.78 is 13.4. The second-order valence-corrected chi connectivity index (χ2v) is 6.27. The summed E-state index contributed by atoms with van der Waals surface area (Å²) in [6, 6.07) is 25.7. The minimum Gasteiger partial charge on any atom is -0.350 e. The molecule has 0 aliphatic carbocycles. The van der Waals surface area contributed by atoms with Gasteiger partial charge < -0.3 is 16.0 Å². The van der Waals surface area contributed by atoms with Crippen molar-refractivity contribution in [2.75, 3.05) is 16.0 Å². The molecule has 6 nitrogen and oxygen atoms in total. The Labute approximate surface area is 167 Å². The van der Waals surface area contributed by atoms with E-state index in [1.54, 1.807) is 6.07 Å². The van der Waals surface area contributed by atoms with Crippen LogP contribution in [0.1, 0.15) is 5.56 Å². The molecule has 7 heteroatoms. The Morgan fingerprint density at radius 2 is 1.17 bits per heavy atom. The van der Waals surface area contributed by atoms with E-state index in [1.807, 2.05) is 66.7 Å². The number of halogens is 1. The molecule has 0 saturated heterocycles. The molecule has 0 atom stereocenters. The molecule has 0 bridgehead atoms. The van der Waals surface area contributed by atoms with Crippen molar-refractivity contribution >= 4 is 29.2 Å². The van der Waals surface area contributed by atoms with Gasteiger partial charge in [0, 0.05) is 17.9 Å². The molecule has 4 rings (SSSR count).